The second kappa shape index (κ2) is 6.82. The Balaban J connectivity index is 2.21. The highest BCUT2D eigenvalue weighted by atomic mass is 35.5. The maximum absolute atomic E-state index is 6.35. The van der Waals surface area contributed by atoms with E-state index in [0.717, 1.165) is 28.5 Å². The summed E-state index contributed by atoms with van der Waals surface area (Å²) in [7, 11) is 0. The summed E-state index contributed by atoms with van der Waals surface area (Å²) < 4.78 is 1.93. The van der Waals surface area contributed by atoms with Gasteiger partial charge in [0.05, 0.1) is 21.9 Å². The van der Waals surface area contributed by atoms with Crippen LogP contribution in [0.1, 0.15) is 30.8 Å². The zero-order valence-corrected chi connectivity index (χ0v) is 14.2. The van der Waals surface area contributed by atoms with E-state index in [4.69, 9.17) is 23.2 Å². The summed E-state index contributed by atoms with van der Waals surface area (Å²) in [5.41, 5.74) is 2.73. The van der Waals surface area contributed by atoms with Crippen molar-refractivity contribution in [1.29, 1.82) is 0 Å². The Morgan fingerprint density at radius 2 is 1.95 bits per heavy atom. The summed E-state index contributed by atoms with van der Waals surface area (Å²) in [6.45, 7) is 7.52. The van der Waals surface area contributed by atoms with E-state index in [1.54, 1.807) is 0 Å². The van der Waals surface area contributed by atoms with Gasteiger partial charge in [0.2, 0.25) is 0 Å². The summed E-state index contributed by atoms with van der Waals surface area (Å²) in [4.78, 5) is 0. The van der Waals surface area contributed by atoms with Crippen LogP contribution in [-0.2, 0) is 18.6 Å². The molecule has 1 atom stereocenters. The number of halogens is 2. The largest absolute Gasteiger partial charge is 0.301 e. The average molecular weight is 326 g/mol. The second-order valence-corrected chi connectivity index (χ2v) is 5.99. The van der Waals surface area contributed by atoms with Gasteiger partial charge in [-0.25, -0.2) is 0 Å². The Morgan fingerprint density at radius 3 is 2.52 bits per heavy atom. The number of hydrogen-bond donors (Lipinski definition) is 1. The van der Waals surface area contributed by atoms with Crippen LogP contribution >= 0.6 is 23.2 Å². The van der Waals surface area contributed by atoms with Crippen molar-refractivity contribution in [2.75, 3.05) is 5.88 Å². The van der Waals surface area contributed by atoms with Gasteiger partial charge in [0, 0.05) is 19.0 Å². The predicted molar refractivity (Wildman–Crippen MR) is 89.0 cm³/mol. The van der Waals surface area contributed by atoms with E-state index in [1.165, 1.54) is 0 Å². The average Bonchev–Trinajstić information content (AvgIpc) is 2.80. The van der Waals surface area contributed by atoms with Crippen LogP contribution in [0.4, 0.5) is 0 Å². The molecule has 0 spiro atoms. The van der Waals surface area contributed by atoms with Gasteiger partial charge < -0.3 is 5.32 Å². The number of rotatable bonds is 6. The van der Waals surface area contributed by atoms with Gasteiger partial charge in [0.15, 0.2) is 0 Å². The fraction of sp³-hybridized carbons (Fsp3) is 0.438. The molecule has 0 amide bonds. The van der Waals surface area contributed by atoms with E-state index in [-0.39, 0.29) is 5.54 Å². The molecule has 0 fully saturated rings. The molecular formula is C16H21Cl2N3. The standard InChI is InChI=1S/C16H21Cl2N3/c1-4-21-14(15(18)12(2)20-21)10-19-16(3,11-17)13-8-6-5-7-9-13/h5-9,19H,4,10-11H2,1-3H3. The Labute approximate surface area is 136 Å². The number of hydrogen-bond acceptors (Lipinski definition) is 2. The molecule has 21 heavy (non-hydrogen) atoms. The molecule has 2 rings (SSSR count). The highest BCUT2D eigenvalue weighted by Gasteiger charge is 2.26. The van der Waals surface area contributed by atoms with Crippen molar-refractivity contribution in [3.63, 3.8) is 0 Å². The molecule has 0 aliphatic carbocycles. The number of alkyl halides is 1. The molecule has 1 aromatic carbocycles. The summed E-state index contributed by atoms with van der Waals surface area (Å²) in [6.07, 6.45) is 0. The van der Waals surface area contributed by atoms with Crippen LogP contribution in [0.15, 0.2) is 30.3 Å². The lowest BCUT2D eigenvalue weighted by Gasteiger charge is -2.29. The van der Waals surface area contributed by atoms with E-state index in [9.17, 15) is 0 Å². The van der Waals surface area contributed by atoms with Crippen molar-refractivity contribution in [3.8, 4) is 0 Å². The number of aryl methyl sites for hydroxylation is 2. The maximum atomic E-state index is 6.35. The lowest BCUT2D eigenvalue weighted by atomic mass is 9.94. The van der Waals surface area contributed by atoms with Gasteiger partial charge in [-0.3, -0.25) is 4.68 Å². The molecule has 0 aliphatic rings. The van der Waals surface area contributed by atoms with Crippen molar-refractivity contribution >= 4 is 23.2 Å². The van der Waals surface area contributed by atoms with E-state index in [1.807, 2.05) is 29.8 Å². The molecule has 1 heterocycles. The number of nitrogens with zero attached hydrogens (tertiary/aromatic N) is 2. The Kier molecular flexibility index (Phi) is 5.31. The Morgan fingerprint density at radius 1 is 1.29 bits per heavy atom. The molecule has 1 aromatic heterocycles. The van der Waals surface area contributed by atoms with Gasteiger partial charge in [-0.1, -0.05) is 41.9 Å². The van der Waals surface area contributed by atoms with E-state index in [2.05, 4.69) is 36.4 Å². The molecule has 0 radical (unpaired) electrons. The first-order chi connectivity index (χ1) is 10.0. The van der Waals surface area contributed by atoms with E-state index >= 15 is 0 Å². The normalized spacial score (nSPS) is 14.1. The van der Waals surface area contributed by atoms with E-state index in [0.29, 0.717) is 12.4 Å². The minimum absolute atomic E-state index is 0.303. The van der Waals surface area contributed by atoms with Gasteiger partial charge >= 0.3 is 0 Å². The fourth-order valence-electron chi connectivity index (χ4n) is 2.35. The minimum Gasteiger partial charge on any atom is -0.301 e. The lowest BCUT2D eigenvalue weighted by Crippen LogP contribution is -2.41. The monoisotopic (exact) mass is 325 g/mol. The summed E-state index contributed by atoms with van der Waals surface area (Å²) in [5, 5.41) is 8.70. The first kappa shape index (κ1) is 16.3. The molecule has 1 unspecified atom stereocenters. The van der Waals surface area contributed by atoms with Gasteiger partial charge in [-0.2, -0.15) is 5.10 Å². The summed E-state index contributed by atoms with van der Waals surface area (Å²) in [5.74, 6) is 0.480. The van der Waals surface area contributed by atoms with Crippen LogP contribution in [0, 0.1) is 6.92 Å². The van der Waals surface area contributed by atoms with Gasteiger partial charge in [-0.05, 0) is 26.3 Å². The molecule has 2 aromatic rings. The topological polar surface area (TPSA) is 29.9 Å². The zero-order valence-electron chi connectivity index (χ0n) is 12.7. The Bertz CT molecular complexity index is 595. The van der Waals surface area contributed by atoms with Crippen molar-refractivity contribution in [2.24, 2.45) is 0 Å². The molecule has 3 nitrogen and oxygen atoms in total. The number of benzene rings is 1. The molecule has 1 N–H and O–H groups in total. The molecule has 5 heteroatoms. The molecule has 114 valence electrons. The minimum atomic E-state index is -0.303. The summed E-state index contributed by atoms with van der Waals surface area (Å²) >= 11 is 12.6. The third-order valence-electron chi connectivity index (χ3n) is 3.78. The van der Waals surface area contributed by atoms with Gasteiger partial charge in [-0.15, -0.1) is 11.6 Å². The third kappa shape index (κ3) is 3.42. The molecular weight excluding hydrogens is 305 g/mol. The quantitative estimate of drug-likeness (QED) is 0.810. The van der Waals surface area contributed by atoms with Crippen molar-refractivity contribution in [1.82, 2.24) is 15.1 Å². The van der Waals surface area contributed by atoms with Crippen LogP contribution in [-0.4, -0.2) is 15.7 Å². The highest BCUT2D eigenvalue weighted by molar-refractivity contribution is 6.31. The van der Waals surface area contributed by atoms with Gasteiger partial charge in [0.25, 0.3) is 0 Å². The van der Waals surface area contributed by atoms with Crippen LogP contribution in [0.3, 0.4) is 0 Å². The van der Waals surface area contributed by atoms with Crippen LogP contribution in [0.2, 0.25) is 5.02 Å². The van der Waals surface area contributed by atoms with Crippen LogP contribution in [0.25, 0.3) is 0 Å². The van der Waals surface area contributed by atoms with Crippen LogP contribution < -0.4 is 5.32 Å². The molecule has 0 saturated heterocycles. The van der Waals surface area contributed by atoms with Crippen molar-refractivity contribution in [3.05, 3.63) is 52.3 Å². The van der Waals surface area contributed by atoms with Crippen molar-refractivity contribution in [2.45, 2.75) is 39.4 Å². The lowest BCUT2D eigenvalue weighted by molar-refractivity contribution is 0.396. The SMILES string of the molecule is CCn1nc(C)c(Cl)c1CNC(C)(CCl)c1ccccc1. The van der Waals surface area contributed by atoms with Gasteiger partial charge in [0.1, 0.15) is 0 Å². The first-order valence-corrected chi connectivity index (χ1v) is 8.01. The smallest absolute Gasteiger partial charge is 0.0860 e. The fourth-order valence-corrected chi connectivity index (χ4v) is 2.80. The molecule has 0 saturated carbocycles. The second-order valence-electron chi connectivity index (χ2n) is 5.35. The first-order valence-electron chi connectivity index (χ1n) is 7.10. The third-order valence-corrected chi connectivity index (χ3v) is 4.80. The van der Waals surface area contributed by atoms with Crippen LogP contribution in [0.5, 0.6) is 0 Å². The van der Waals surface area contributed by atoms with E-state index < -0.39 is 0 Å². The summed E-state index contributed by atoms with van der Waals surface area (Å²) in [6, 6.07) is 10.2. The van der Waals surface area contributed by atoms with Crippen molar-refractivity contribution < 1.29 is 0 Å². The Hall–Kier alpha value is -1.03. The number of nitrogens with one attached hydrogen (secondary N) is 1. The highest BCUT2D eigenvalue weighted by Crippen LogP contribution is 2.25. The zero-order chi connectivity index (χ0) is 15.5. The number of aromatic nitrogens is 2. The maximum Gasteiger partial charge on any atom is 0.0860 e. The predicted octanol–water partition coefficient (Wildman–Crippen LogP) is 4.11. The molecule has 0 aliphatic heterocycles. The molecule has 0 bridgehead atoms.